The molecule has 0 aliphatic heterocycles. The summed E-state index contributed by atoms with van der Waals surface area (Å²) >= 11 is 3.41. The lowest BCUT2D eigenvalue weighted by Gasteiger charge is -2.23. The molecular weight excluding hydrogens is 254 g/mol. The quantitative estimate of drug-likeness (QED) is 0.603. The van der Waals surface area contributed by atoms with Gasteiger partial charge in [0.15, 0.2) is 6.29 Å². The summed E-state index contributed by atoms with van der Waals surface area (Å²) < 4.78 is 0.977. The molecule has 0 saturated carbocycles. The summed E-state index contributed by atoms with van der Waals surface area (Å²) in [7, 11) is 0. The SMILES string of the molecule is C=CCN(CC)c1cc(Br)ccc1C=O. The van der Waals surface area contributed by atoms with Gasteiger partial charge in [0.25, 0.3) is 0 Å². The summed E-state index contributed by atoms with van der Waals surface area (Å²) in [4.78, 5) is 13.0. The van der Waals surface area contributed by atoms with Crippen molar-refractivity contribution >= 4 is 27.9 Å². The van der Waals surface area contributed by atoms with Crippen LogP contribution in [-0.4, -0.2) is 19.4 Å². The fraction of sp³-hybridized carbons (Fsp3) is 0.250. The summed E-state index contributed by atoms with van der Waals surface area (Å²) in [5, 5.41) is 0. The molecule has 0 fully saturated rings. The number of likely N-dealkylation sites (N-methyl/N-ethyl adjacent to an activating group) is 1. The Labute approximate surface area is 98.7 Å². The molecule has 1 aromatic carbocycles. The number of benzene rings is 1. The van der Waals surface area contributed by atoms with Gasteiger partial charge in [-0.05, 0) is 25.1 Å². The summed E-state index contributed by atoms with van der Waals surface area (Å²) in [6, 6.07) is 5.64. The molecule has 0 aliphatic carbocycles. The van der Waals surface area contributed by atoms with E-state index in [9.17, 15) is 4.79 Å². The Morgan fingerprint density at radius 3 is 2.80 bits per heavy atom. The maximum Gasteiger partial charge on any atom is 0.152 e. The van der Waals surface area contributed by atoms with E-state index in [1.165, 1.54) is 0 Å². The second-order valence-corrected chi connectivity index (χ2v) is 4.06. The lowest BCUT2D eigenvalue weighted by atomic mass is 10.1. The monoisotopic (exact) mass is 267 g/mol. The molecule has 1 rings (SSSR count). The number of aldehydes is 1. The first-order chi connectivity index (χ1) is 7.22. The molecule has 3 heteroatoms. The first-order valence-electron chi connectivity index (χ1n) is 4.83. The second-order valence-electron chi connectivity index (χ2n) is 3.15. The van der Waals surface area contributed by atoms with Crippen LogP contribution in [-0.2, 0) is 0 Å². The van der Waals surface area contributed by atoms with E-state index in [2.05, 4.69) is 34.3 Å². The number of nitrogens with zero attached hydrogens (tertiary/aromatic N) is 1. The summed E-state index contributed by atoms with van der Waals surface area (Å²) in [6.07, 6.45) is 2.71. The lowest BCUT2D eigenvalue weighted by Crippen LogP contribution is -2.23. The van der Waals surface area contributed by atoms with Crippen LogP contribution in [0.25, 0.3) is 0 Å². The van der Waals surface area contributed by atoms with Crippen LogP contribution in [0.2, 0.25) is 0 Å². The van der Waals surface area contributed by atoms with Crippen LogP contribution >= 0.6 is 15.9 Å². The minimum atomic E-state index is 0.710. The number of halogens is 1. The van der Waals surface area contributed by atoms with Gasteiger partial charge in [-0.2, -0.15) is 0 Å². The Morgan fingerprint density at radius 1 is 1.53 bits per heavy atom. The number of carbonyl (C=O) groups excluding carboxylic acids is 1. The number of hydrogen-bond acceptors (Lipinski definition) is 2. The highest BCUT2D eigenvalue weighted by Crippen LogP contribution is 2.23. The Morgan fingerprint density at radius 2 is 2.27 bits per heavy atom. The van der Waals surface area contributed by atoms with Crippen LogP contribution in [0, 0.1) is 0 Å². The predicted octanol–water partition coefficient (Wildman–Crippen LogP) is 3.27. The molecule has 0 spiro atoms. The Balaban J connectivity index is 3.12. The zero-order valence-electron chi connectivity index (χ0n) is 8.74. The molecule has 0 saturated heterocycles. The van der Waals surface area contributed by atoms with Gasteiger partial charge in [-0.3, -0.25) is 4.79 Å². The number of rotatable bonds is 5. The standard InChI is InChI=1S/C12H14BrNO/c1-3-7-14(4-2)12-8-11(13)6-5-10(12)9-15/h3,5-6,8-9H,1,4,7H2,2H3. The first kappa shape index (κ1) is 12.0. The molecule has 1 aromatic rings. The van der Waals surface area contributed by atoms with Crippen molar-refractivity contribution in [3.8, 4) is 0 Å². The molecule has 0 unspecified atom stereocenters. The molecule has 15 heavy (non-hydrogen) atoms. The van der Waals surface area contributed by atoms with Gasteiger partial charge in [0, 0.05) is 28.8 Å². The topological polar surface area (TPSA) is 20.3 Å². The third-order valence-corrected chi connectivity index (χ3v) is 2.68. The van der Waals surface area contributed by atoms with Gasteiger partial charge in [-0.25, -0.2) is 0 Å². The zero-order valence-corrected chi connectivity index (χ0v) is 10.3. The Hall–Kier alpha value is -1.09. The second kappa shape index (κ2) is 5.71. The van der Waals surface area contributed by atoms with E-state index in [1.807, 2.05) is 24.3 Å². The van der Waals surface area contributed by atoms with Crippen LogP contribution in [0.5, 0.6) is 0 Å². The van der Waals surface area contributed by atoms with Gasteiger partial charge in [0.1, 0.15) is 0 Å². The van der Waals surface area contributed by atoms with Gasteiger partial charge in [0.2, 0.25) is 0 Å². The van der Waals surface area contributed by atoms with Crippen LogP contribution in [0.4, 0.5) is 5.69 Å². The number of hydrogen-bond donors (Lipinski definition) is 0. The van der Waals surface area contributed by atoms with Gasteiger partial charge in [0.05, 0.1) is 0 Å². The molecule has 0 amide bonds. The molecule has 0 aliphatic rings. The van der Waals surface area contributed by atoms with Crippen LogP contribution in [0.3, 0.4) is 0 Å². The van der Waals surface area contributed by atoms with Gasteiger partial charge >= 0.3 is 0 Å². The molecule has 2 nitrogen and oxygen atoms in total. The normalized spacial score (nSPS) is 9.73. The van der Waals surface area contributed by atoms with Crippen molar-refractivity contribution < 1.29 is 4.79 Å². The minimum absolute atomic E-state index is 0.710. The van der Waals surface area contributed by atoms with Crippen molar-refractivity contribution in [1.29, 1.82) is 0 Å². The average Bonchev–Trinajstić information content (AvgIpc) is 2.26. The number of anilines is 1. The van der Waals surface area contributed by atoms with Crippen molar-refractivity contribution in [2.24, 2.45) is 0 Å². The Bertz CT molecular complexity index is 363. The van der Waals surface area contributed by atoms with E-state index in [0.717, 1.165) is 29.5 Å². The van der Waals surface area contributed by atoms with E-state index in [4.69, 9.17) is 0 Å². The van der Waals surface area contributed by atoms with E-state index < -0.39 is 0 Å². The van der Waals surface area contributed by atoms with Crippen molar-refractivity contribution in [2.45, 2.75) is 6.92 Å². The molecule has 0 heterocycles. The fourth-order valence-corrected chi connectivity index (χ4v) is 1.79. The van der Waals surface area contributed by atoms with Crippen molar-refractivity contribution in [3.05, 3.63) is 40.9 Å². The molecule has 0 radical (unpaired) electrons. The maximum absolute atomic E-state index is 10.9. The maximum atomic E-state index is 10.9. The third-order valence-electron chi connectivity index (χ3n) is 2.19. The molecule has 0 atom stereocenters. The lowest BCUT2D eigenvalue weighted by molar-refractivity contribution is 0.112. The van der Waals surface area contributed by atoms with Crippen LogP contribution < -0.4 is 4.90 Å². The van der Waals surface area contributed by atoms with Crippen molar-refractivity contribution in [2.75, 3.05) is 18.0 Å². The fourth-order valence-electron chi connectivity index (χ4n) is 1.44. The predicted molar refractivity (Wildman–Crippen MR) is 67.6 cm³/mol. The van der Waals surface area contributed by atoms with E-state index >= 15 is 0 Å². The minimum Gasteiger partial charge on any atom is -0.367 e. The average molecular weight is 268 g/mol. The van der Waals surface area contributed by atoms with Crippen LogP contribution in [0.1, 0.15) is 17.3 Å². The molecule has 0 aromatic heterocycles. The summed E-state index contributed by atoms with van der Waals surface area (Å²) in [5.41, 5.74) is 1.66. The van der Waals surface area contributed by atoms with Crippen LogP contribution in [0.15, 0.2) is 35.3 Å². The third kappa shape index (κ3) is 2.93. The van der Waals surface area contributed by atoms with E-state index in [0.29, 0.717) is 5.56 Å². The largest absolute Gasteiger partial charge is 0.367 e. The van der Waals surface area contributed by atoms with Gasteiger partial charge in [-0.15, -0.1) is 6.58 Å². The number of carbonyl (C=O) groups is 1. The van der Waals surface area contributed by atoms with Gasteiger partial charge in [-0.1, -0.05) is 22.0 Å². The zero-order chi connectivity index (χ0) is 11.3. The highest BCUT2D eigenvalue weighted by Gasteiger charge is 2.08. The van der Waals surface area contributed by atoms with Crippen molar-refractivity contribution in [1.82, 2.24) is 0 Å². The first-order valence-corrected chi connectivity index (χ1v) is 5.62. The molecular formula is C12H14BrNO. The van der Waals surface area contributed by atoms with E-state index in [1.54, 1.807) is 0 Å². The molecule has 80 valence electrons. The summed E-state index contributed by atoms with van der Waals surface area (Å²) in [5.74, 6) is 0. The highest BCUT2D eigenvalue weighted by atomic mass is 79.9. The molecule has 0 N–H and O–H groups in total. The Kier molecular flexibility index (Phi) is 4.56. The van der Waals surface area contributed by atoms with E-state index in [-0.39, 0.29) is 0 Å². The highest BCUT2D eigenvalue weighted by molar-refractivity contribution is 9.10. The van der Waals surface area contributed by atoms with Crippen molar-refractivity contribution in [3.63, 3.8) is 0 Å². The smallest absolute Gasteiger partial charge is 0.152 e. The summed E-state index contributed by atoms with van der Waals surface area (Å²) in [6.45, 7) is 7.36. The van der Waals surface area contributed by atoms with Gasteiger partial charge < -0.3 is 4.90 Å². The molecule has 0 bridgehead atoms.